The molecule has 1 saturated carbocycles. The highest BCUT2D eigenvalue weighted by atomic mass is 35.5. The first-order valence-corrected chi connectivity index (χ1v) is 4.63. The van der Waals surface area contributed by atoms with Crippen LogP contribution in [-0.4, -0.2) is 21.5 Å². The number of carboxylic acid groups (broad SMARTS) is 1. The van der Waals surface area contributed by atoms with Crippen molar-refractivity contribution in [2.45, 2.75) is 25.7 Å². The fraction of sp³-hybridized carbons (Fsp3) is 0.750. The predicted molar refractivity (Wildman–Crippen MR) is 48.2 cm³/mol. The average Bonchev–Trinajstić information content (AvgIpc) is 2.17. The van der Waals surface area contributed by atoms with Gasteiger partial charge in [0.15, 0.2) is 0 Å². The van der Waals surface area contributed by atoms with Gasteiger partial charge in [0.2, 0.25) is 0 Å². The van der Waals surface area contributed by atoms with Crippen LogP contribution in [0.15, 0.2) is 5.16 Å². The standard InChI is InChI=1S/C8H12ClNO3/c9-7(10-13)5-2-1-3-6(4-5)8(11)12/h5-6,13H,1-4H2,(H,11,12)/b10-7-. The van der Waals surface area contributed by atoms with E-state index in [1.165, 1.54) is 0 Å². The molecule has 2 N–H and O–H groups in total. The van der Waals surface area contributed by atoms with Gasteiger partial charge >= 0.3 is 5.97 Å². The lowest BCUT2D eigenvalue weighted by Gasteiger charge is -2.24. The highest BCUT2D eigenvalue weighted by molar-refractivity contribution is 6.65. The molecule has 0 aromatic carbocycles. The molecule has 0 aliphatic heterocycles. The van der Waals surface area contributed by atoms with E-state index in [1.807, 2.05) is 0 Å². The van der Waals surface area contributed by atoms with E-state index in [4.69, 9.17) is 21.9 Å². The Morgan fingerprint density at radius 3 is 2.54 bits per heavy atom. The van der Waals surface area contributed by atoms with Gasteiger partial charge in [0, 0.05) is 5.92 Å². The number of halogens is 1. The fourth-order valence-electron chi connectivity index (χ4n) is 1.71. The molecule has 1 aliphatic rings. The molecule has 0 spiro atoms. The molecule has 74 valence electrons. The Balaban J connectivity index is 2.56. The van der Waals surface area contributed by atoms with Crippen LogP contribution in [0.3, 0.4) is 0 Å². The van der Waals surface area contributed by atoms with Gasteiger partial charge in [-0.05, 0) is 19.3 Å². The summed E-state index contributed by atoms with van der Waals surface area (Å²) in [5, 5.41) is 20.2. The predicted octanol–water partition coefficient (Wildman–Crippen LogP) is 1.90. The third-order valence-electron chi connectivity index (χ3n) is 2.46. The molecular weight excluding hydrogens is 194 g/mol. The van der Waals surface area contributed by atoms with Gasteiger partial charge in [0.1, 0.15) is 5.17 Å². The Morgan fingerprint density at radius 2 is 2.00 bits per heavy atom. The van der Waals surface area contributed by atoms with Gasteiger partial charge in [-0.1, -0.05) is 23.2 Å². The molecule has 0 aromatic heterocycles. The summed E-state index contributed by atoms with van der Waals surface area (Å²) in [5.74, 6) is -1.21. The molecule has 1 aliphatic carbocycles. The number of hydrogen-bond donors (Lipinski definition) is 2. The second kappa shape index (κ2) is 4.46. The molecule has 1 fully saturated rings. The maximum Gasteiger partial charge on any atom is 0.306 e. The summed E-state index contributed by atoms with van der Waals surface area (Å²) < 4.78 is 0. The molecule has 1 rings (SSSR count). The van der Waals surface area contributed by atoms with E-state index in [1.54, 1.807) is 0 Å². The zero-order chi connectivity index (χ0) is 9.84. The molecule has 2 unspecified atom stereocenters. The van der Waals surface area contributed by atoms with Crippen LogP contribution >= 0.6 is 11.6 Å². The monoisotopic (exact) mass is 205 g/mol. The first-order chi connectivity index (χ1) is 6.15. The maximum atomic E-state index is 10.7. The van der Waals surface area contributed by atoms with Crippen LogP contribution in [-0.2, 0) is 4.79 Å². The van der Waals surface area contributed by atoms with Crippen molar-refractivity contribution < 1.29 is 15.1 Å². The average molecular weight is 206 g/mol. The Kier molecular flexibility index (Phi) is 3.54. The summed E-state index contributed by atoms with van der Waals surface area (Å²) in [6.45, 7) is 0. The Labute approximate surface area is 81.2 Å². The zero-order valence-corrected chi connectivity index (χ0v) is 7.87. The Morgan fingerprint density at radius 1 is 1.38 bits per heavy atom. The highest BCUT2D eigenvalue weighted by Gasteiger charge is 2.29. The second-order valence-corrected chi connectivity index (χ2v) is 3.71. The van der Waals surface area contributed by atoms with E-state index in [0.717, 1.165) is 12.8 Å². The van der Waals surface area contributed by atoms with Crippen LogP contribution < -0.4 is 0 Å². The number of oxime groups is 1. The number of carboxylic acids is 1. The van der Waals surface area contributed by atoms with Gasteiger partial charge < -0.3 is 10.3 Å². The van der Waals surface area contributed by atoms with Crippen LogP contribution in [0, 0.1) is 11.8 Å². The van der Waals surface area contributed by atoms with E-state index in [9.17, 15) is 4.79 Å². The lowest BCUT2D eigenvalue weighted by molar-refractivity contribution is -0.143. The van der Waals surface area contributed by atoms with E-state index >= 15 is 0 Å². The van der Waals surface area contributed by atoms with Crippen LogP contribution in [0.5, 0.6) is 0 Å². The summed E-state index contributed by atoms with van der Waals surface area (Å²) in [4.78, 5) is 10.7. The van der Waals surface area contributed by atoms with E-state index in [-0.39, 0.29) is 17.0 Å². The van der Waals surface area contributed by atoms with Crippen molar-refractivity contribution in [3.05, 3.63) is 0 Å². The van der Waals surface area contributed by atoms with Crippen molar-refractivity contribution in [1.82, 2.24) is 0 Å². The topological polar surface area (TPSA) is 69.9 Å². The molecule has 0 radical (unpaired) electrons. The molecule has 0 aromatic rings. The smallest absolute Gasteiger partial charge is 0.306 e. The number of rotatable bonds is 2. The minimum atomic E-state index is -0.785. The van der Waals surface area contributed by atoms with Crippen molar-refractivity contribution in [3.8, 4) is 0 Å². The summed E-state index contributed by atoms with van der Waals surface area (Å²) in [5.41, 5.74) is 0. The van der Waals surface area contributed by atoms with Crippen LogP contribution in [0.4, 0.5) is 0 Å². The van der Waals surface area contributed by atoms with Gasteiger partial charge in [-0.15, -0.1) is 0 Å². The Hall–Kier alpha value is -0.770. The molecule has 0 saturated heterocycles. The van der Waals surface area contributed by atoms with Crippen molar-refractivity contribution in [2.24, 2.45) is 17.0 Å². The number of carbonyl (C=O) groups is 1. The van der Waals surface area contributed by atoms with Crippen LogP contribution in [0.25, 0.3) is 0 Å². The second-order valence-electron chi connectivity index (χ2n) is 3.32. The van der Waals surface area contributed by atoms with E-state index < -0.39 is 5.97 Å². The van der Waals surface area contributed by atoms with Gasteiger partial charge in [0.05, 0.1) is 5.92 Å². The van der Waals surface area contributed by atoms with E-state index in [0.29, 0.717) is 12.8 Å². The highest BCUT2D eigenvalue weighted by Crippen LogP contribution is 2.30. The maximum absolute atomic E-state index is 10.7. The number of aliphatic carboxylic acids is 1. The molecule has 0 heterocycles. The van der Waals surface area contributed by atoms with Gasteiger partial charge in [-0.2, -0.15) is 0 Å². The summed E-state index contributed by atoms with van der Waals surface area (Å²) in [6, 6.07) is 0. The first-order valence-electron chi connectivity index (χ1n) is 4.25. The molecule has 0 amide bonds. The minimum absolute atomic E-state index is 0.0819. The third-order valence-corrected chi connectivity index (χ3v) is 2.84. The van der Waals surface area contributed by atoms with E-state index in [2.05, 4.69) is 5.16 Å². The molecule has 4 nitrogen and oxygen atoms in total. The lowest BCUT2D eigenvalue weighted by Crippen LogP contribution is -2.25. The molecule has 2 atom stereocenters. The quantitative estimate of drug-likeness (QED) is 0.411. The van der Waals surface area contributed by atoms with Crippen LogP contribution in [0.2, 0.25) is 0 Å². The summed E-state index contributed by atoms with van der Waals surface area (Å²) in [7, 11) is 0. The molecule has 5 heteroatoms. The normalized spacial score (nSPS) is 30.1. The summed E-state index contributed by atoms with van der Waals surface area (Å²) >= 11 is 5.62. The SMILES string of the molecule is O=C(O)C1CCCC(/C(Cl)=N/O)C1. The Bertz CT molecular complexity index is 229. The molecular formula is C8H12ClNO3. The third kappa shape index (κ3) is 2.59. The van der Waals surface area contributed by atoms with Crippen molar-refractivity contribution in [1.29, 1.82) is 0 Å². The fourth-order valence-corrected chi connectivity index (χ4v) is 1.91. The number of hydrogen-bond acceptors (Lipinski definition) is 3. The lowest BCUT2D eigenvalue weighted by atomic mass is 9.82. The largest absolute Gasteiger partial charge is 0.481 e. The van der Waals surface area contributed by atoms with Crippen LogP contribution in [0.1, 0.15) is 25.7 Å². The number of nitrogens with zero attached hydrogens (tertiary/aromatic N) is 1. The molecule has 0 bridgehead atoms. The molecule has 13 heavy (non-hydrogen) atoms. The van der Waals surface area contributed by atoms with Crippen molar-refractivity contribution in [2.75, 3.05) is 0 Å². The first kappa shape index (κ1) is 10.3. The van der Waals surface area contributed by atoms with Gasteiger partial charge in [-0.3, -0.25) is 4.79 Å². The summed E-state index contributed by atoms with van der Waals surface area (Å²) in [6.07, 6.45) is 2.82. The van der Waals surface area contributed by atoms with Crippen molar-refractivity contribution in [3.63, 3.8) is 0 Å². The van der Waals surface area contributed by atoms with Gasteiger partial charge in [-0.25, -0.2) is 0 Å². The minimum Gasteiger partial charge on any atom is -0.481 e. The van der Waals surface area contributed by atoms with Crippen molar-refractivity contribution >= 4 is 22.7 Å². The zero-order valence-electron chi connectivity index (χ0n) is 7.11. The van der Waals surface area contributed by atoms with Gasteiger partial charge in [0.25, 0.3) is 0 Å².